The number of nitrogens with zero attached hydrogens (tertiary/aromatic N) is 1. The van der Waals surface area contributed by atoms with E-state index in [0.717, 1.165) is 15.6 Å². The van der Waals surface area contributed by atoms with Gasteiger partial charge in [0.25, 0.3) is 0 Å². The third-order valence-electron chi connectivity index (χ3n) is 2.33. The van der Waals surface area contributed by atoms with Crippen LogP contribution in [0.25, 0.3) is 11.1 Å². The van der Waals surface area contributed by atoms with E-state index in [4.69, 9.17) is 10.2 Å². The molecule has 1 unspecified atom stereocenters. The Hall–Kier alpha value is -0.870. The number of halogens is 1. The van der Waals surface area contributed by atoms with Crippen LogP contribution in [0.4, 0.5) is 0 Å². The predicted octanol–water partition coefficient (Wildman–Crippen LogP) is 2.65. The minimum absolute atomic E-state index is 0.340. The van der Waals surface area contributed by atoms with Gasteiger partial charge in [0, 0.05) is 0 Å². The summed E-state index contributed by atoms with van der Waals surface area (Å²) in [4.78, 5) is 4.12. The van der Waals surface area contributed by atoms with E-state index in [9.17, 15) is 0 Å². The SMILES string of the molecule is CC(CN)c1cc(Br)c2ocnc2c1. The van der Waals surface area contributed by atoms with Gasteiger partial charge in [0.2, 0.25) is 0 Å². The molecule has 4 heteroatoms. The largest absolute Gasteiger partial charge is 0.442 e. The van der Waals surface area contributed by atoms with Crippen LogP contribution in [-0.2, 0) is 0 Å². The standard InChI is InChI=1S/C10H11BrN2O/c1-6(4-12)7-2-8(11)10-9(3-7)13-5-14-10/h2-3,5-6H,4,12H2,1H3. The maximum atomic E-state index is 5.61. The minimum atomic E-state index is 0.340. The topological polar surface area (TPSA) is 52.0 Å². The van der Waals surface area contributed by atoms with Crippen molar-refractivity contribution in [3.8, 4) is 0 Å². The fraction of sp³-hybridized carbons (Fsp3) is 0.300. The molecule has 0 saturated heterocycles. The van der Waals surface area contributed by atoms with Gasteiger partial charge in [-0.15, -0.1) is 0 Å². The molecule has 0 aliphatic heterocycles. The van der Waals surface area contributed by atoms with Crippen LogP contribution in [-0.4, -0.2) is 11.5 Å². The van der Waals surface area contributed by atoms with Gasteiger partial charge < -0.3 is 10.2 Å². The zero-order valence-corrected chi connectivity index (χ0v) is 9.41. The monoisotopic (exact) mass is 254 g/mol. The molecule has 0 saturated carbocycles. The van der Waals surface area contributed by atoms with Crippen LogP contribution in [0, 0.1) is 0 Å². The molecule has 0 fully saturated rings. The molecule has 0 aliphatic carbocycles. The Balaban J connectivity index is 2.58. The van der Waals surface area contributed by atoms with Crippen molar-refractivity contribution in [1.29, 1.82) is 0 Å². The van der Waals surface area contributed by atoms with Gasteiger partial charge in [0.15, 0.2) is 12.0 Å². The highest BCUT2D eigenvalue weighted by atomic mass is 79.9. The Morgan fingerprint density at radius 3 is 3.07 bits per heavy atom. The molecule has 0 spiro atoms. The smallest absolute Gasteiger partial charge is 0.182 e. The quantitative estimate of drug-likeness (QED) is 0.897. The number of fused-ring (bicyclic) bond motifs is 1. The minimum Gasteiger partial charge on any atom is -0.442 e. The molecular formula is C10H11BrN2O. The molecule has 0 bridgehead atoms. The molecule has 1 aromatic carbocycles. The first kappa shape index (κ1) is 9.68. The molecule has 0 aliphatic rings. The summed E-state index contributed by atoms with van der Waals surface area (Å²) in [6.45, 7) is 2.73. The predicted molar refractivity (Wildman–Crippen MR) is 59.2 cm³/mol. The number of benzene rings is 1. The van der Waals surface area contributed by atoms with Gasteiger partial charge in [-0.3, -0.25) is 0 Å². The second-order valence-corrected chi connectivity index (χ2v) is 4.19. The summed E-state index contributed by atoms with van der Waals surface area (Å²) in [7, 11) is 0. The van der Waals surface area contributed by atoms with E-state index in [2.05, 4.69) is 27.8 Å². The first-order chi connectivity index (χ1) is 6.72. The van der Waals surface area contributed by atoms with Gasteiger partial charge in [-0.25, -0.2) is 4.98 Å². The normalized spacial score (nSPS) is 13.4. The van der Waals surface area contributed by atoms with E-state index in [1.807, 2.05) is 12.1 Å². The van der Waals surface area contributed by atoms with Crippen LogP contribution in [0.5, 0.6) is 0 Å². The van der Waals surface area contributed by atoms with Crippen molar-refractivity contribution in [3.05, 3.63) is 28.6 Å². The van der Waals surface area contributed by atoms with Crippen molar-refractivity contribution in [2.45, 2.75) is 12.8 Å². The Morgan fingerprint density at radius 1 is 1.57 bits per heavy atom. The van der Waals surface area contributed by atoms with Crippen molar-refractivity contribution in [2.24, 2.45) is 5.73 Å². The Bertz CT molecular complexity index is 452. The maximum Gasteiger partial charge on any atom is 0.182 e. The average molecular weight is 255 g/mol. The van der Waals surface area contributed by atoms with E-state index < -0.39 is 0 Å². The zero-order valence-electron chi connectivity index (χ0n) is 7.83. The summed E-state index contributed by atoms with van der Waals surface area (Å²) in [6, 6.07) is 4.05. The van der Waals surface area contributed by atoms with E-state index in [1.165, 1.54) is 12.0 Å². The van der Waals surface area contributed by atoms with Gasteiger partial charge in [-0.05, 0) is 46.1 Å². The summed E-state index contributed by atoms with van der Waals surface area (Å²) in [5, 5.41) is 0. The van der Waals surface area contributed by atoms with Gasteiger partial charge in [0.05, 0.1) is 4.47 Å². The van der Waals surface area contributed by atoms with Gasteiger partial charge >= 0.3 is 0 Å². The summed E-state index contributed by atoms with van der Waals surface area (Å²) in [5.41, 5.74) is 8.46. The lowest BCUT2D eigenvalue weighted by Crippen LogP contribution is -2.08. The fourth-order valence-electron chi connectivity index (χ4n) is 1.37. The number of rotatable bonds is 2. The van der Waals surface area contributed by atoms with Crippen molar-refractivity contribution in [3.63, 3.8) is 0 Å². The molecule has 14 heavy (non-hydrogen) atoms. The number of hydrogen-bond acceptors (Lipinski definition) is 3. The molecule has 2 N–H and O–H groups in total. The molecule has 1 aromatic heterocycles. The first-order valence-electron chi connectivity index (χ1n) is 4.45. The van der Waals surface area contributed by atoms with Crippen LogP contribution < -0.4 is 5.73 Å². The lowest BCUT2D eigenvalue weighted by Gasteiger charge is -2.08. The van der Waals surface area contributed by atoms with E-state index in [-0.39, 0.29) is 0 Å². The second kappa shape index (κ2) is 3.71. The molecule has 1 heterocycles. The molecular weight excluding hydrogens is 244 g/mol. The molecule has 3 nitrogen and oxygen atoms in total. The maximum absolute atomic E-state index is 5.61. The Labute approximate surface area is 90.4 Å². The lowest BCUT2D eigenvalue weighted by atomic mass is 10.0. The van der Waals surface area contributed by atoms with Crippen LogP contribution >= 0.6 is 15.9 Å². The number of hydrogen-bond donors (Lipinski definition) is 1. The highest BCUT2D eigenvalue weighted by Gasteiger charge is 2.09. The molecule has 0 amide bonds. The molecule has 2 rings (SSSR count). The molecule has 0 radical (unpaired) electrons. The van der Waals surface area contributed by atoms with Crippen LogP contribution in [0.1, 0.15) is 18.4 Å². The van der Waals surface area contributed by atoms with Crippen LogP contribution in [0.15, 0.2) is 27.4 Å². The van der Waals surface area contributed by atoms with E-state index in [1.54, 1.807) is 0 Å². The summed E-state index contributed by atoms with van der Waals surface area (Å²) < 4.78 is 6.16. The van der Waals surface area contributed by atoms with Crippen molar-refractivity contribution in [2.75, 3.05) is 6.54 Å². The average Bonchev–Trinajstić information content (AvgIpc) is 2.64. The lowest BCUT2D eigenvalue weighted by molar-refractivity contribution is 0.600. The highest BCUT2D eigenvalue weighted by Crippen LogP contribution is 2.28. The third kappa shape index (κ3) is 1.55. The van der Waals surface area contributed by atoms with Gasteiger partial charge in [0.1, 0.15) is 5.52 Å². The van der Waals surface area contributed by atoms with Crippen LogP contribution in [0.2, 0.25) is 0 Å². The summed E-state index contributed by atoms with van der Waals surface area (Å²) >= 11 is 3.45. The molecule has 1 atom stereocenters. The van der Waals surface area contributed by atoms with Gasteiger partial charge in [-0.1, -0.05) is 6.92 Å². The summed E-state index contributed by atoms with van der Waals surface area (Å²) in [5.74, 6) is 0.340. The van der Waals surface area contributed by atoms with Crippen molar-refractivity contribution >= 4 is 27.0 Å². The second-order valence-electron chi connectivity index (χ2n) is 3.34. The molecule has 74 valence electrons. The van der Waals surface area contributed by atoms with Crippen molar-refractivity contribution < 1.29 is 4.42 Å². The van der Waals surface area contributed by atoms with Crippen LogP contribution in [0.3, 0.4) is 0 Å². The Morgan fingerprint density at radius 2 is 2.36 bits per heavy atom. The number of nitrogens with two attached hydrogens (primary N) is 1. The zero-order chi connectivity index (χ0) is 10.1. The van der Waals surface area contributed by atoms with Crippen molar-refractivity contribution in [1.82, 2.24) is 4.98 Å². The van der Waals surface area contributed by atoms with E-state index >= 15 is 0 Å². The van der Waals surface area contributed by atoms with Gasteiger partial charge in [-0.2, -0.15) is 0 Å². The number of oxazole rings is 1. The number of aromatic nitrogens is 1. The highest BCUT2D eigenvalue weighted by molar-refractivity contribution is 9.10. The van der Waals surface area contributed by atoms with E-state index in [0.29, 0.717) is 12.5 Å². The fourth-order valence-corrected chi connectivity index (χ4v) is 1.93. The molecule has 2 aromatic rings. The first-order valence-corrected chi connectivity index (χ1v) is 5.24. The Kier molecular flexibility index (Phi) is 2.56. The third-order valence-corrected chi connectivity index (χ3v) is 2.92. The summed E-state index contributed by atoms with van der Waals surface area (Å²) in [6.07, 6.45) is 1.45.